The molecule has 1 aromatic heterocycles. The fourth-order valence-corrected chi connectivity index (χ4v) is 0.615. The van der Waals surface area contributed by atoms with E-state index in [1.165, 1.54) is 0 Å². The van der Waals surface area contributed by atoms with Gasteiger partial charge >= 0.3 is 0 Å². The molecule has 0 spiro atoms. The van der Waals surface area contributed by atoms with E-state index in [4.69, 9.17) is 5.26 Å². The van der Waals surface area contributed by atoms with Crippen LogP contribution in [0.3, 0.4) is 0 Å². The zero-order chi connectivity index (χ0) is 7.94. The van der Waals surface area contributed by atoms with Gasteiger partial charge < -0.3 is 4.98 Å². The minimum Gasteiger partial charge on any atom is -0.344 e. The fraction of sp³-hybridized carbons (Fsp3) is 0.286. The number of aromatic amines is 1. The molecular formula is C7H8N4. The topological polar surface area (TPSA) is 64.8 Å². The lowest BCUT2D eigenvalue weighted by Gasteiger charge is -1.82. The van der Waals surface area contributed by atoms with Crippen molar-refractivity contribution < 1.29 is 0 Å². The van der Waals surface area contributed by atoms with Crippen molar-refractivity contribution in [1.82, 2.24) is 9.97 Å². The maximum atomic E-state index is 8.18. The van der Waals surface area contributed by atoms with E-state index in [0.29, 0.717) is 13.0 Å². The van der Waals surface area contributed by atoms with Crippen molar-refractivity contribution in [3.05, 3.63) is 18.2 Å². The number of rotatable bonds is 3. The van der Waals surface area contributed by atoms with E-state index in [2.05, 4.69) is 15.0 Å². The summed E-state index contributed by atoms with van der Waals surface area (Å²) in [5.74, 6) is 0. The third-order valence-electron chi connectivity index (χ3n) is 1.10. The maximum absolute atomic E-state index is 8.18. The molecule has 4 heteroatoms. The number of hydrogen-bond donors (Lipinski definition) is 1. The quantitative estimate of drug-likeness (QED) is 0.507. The highest BCUT2D eigenvalue weighted by atomic mass is 14.9. The summed E-state index contributed by atoms with van der Waals surface area (Å²) in [6.07, 6.45) is 5.40. The van der Waals surface area contributed by atoms with E-state index in [0.717, 1.165) is 5.69 Å². The number of H-pyrrole nitrogens is 1. The highest BCUT2D eigenvalue weighted by molar-refractivity contribution is 5.76. The number of nitrogens with one attached hydrogen (secondary N) is 1. The van der Waals surface area contributed by atoms with Gasteiger partial charge in [0.1, 0.15) is 0 Å². The summed E-state index contributed by atoms with van der Waals surface area (Å²) in [5.41, 5.74) is 0.864. The SMILES string of the molecule is N#CCCN=Cc1cnc[nH]1. The Labute approximate surface area is 64.6 Å². The van der Waals surface area contributed by atoms with Crippen molar-refractivity contribution in [2.75, 3.05) is 6.54 Å². The number of aromatic nitrogens is 2. The second-order valence-corrected chi connectivity index (χ2v) is 1.95. The first kappa shape index (κ1) is 7.48. The lowest BCUT2D eigenvalue weighted by molar-refractivity contribution is 1.02. The Kier molecular flexibility index (Phi) is 2.87. The van der Waals surface area contributed by atoms with Gasteiger partial charge in [-0.1, -0.05) is 0 Å². The van der Waals surface area contributed by atoms with Gasteiger partial charge in [0.2, 0.25) is 0 Å². The van der Waals surface area contributed by atoms with Crippen molar-refractivity contribution in [3.8, 4) is 6.07 Å². The number of imidazole rings is 1. The molecule has 0 aliphatic carbocycles. The summed E-state index contributed by atoms with van der Waals surface area (Å²) >= 11 is 0. The summed E-state index contributed by atoms with van der Waals surface area (Å²) in [7, 11) is 0. The Balaban J connectivity index is 2.32. The zero-order valence-electron chi connectivity index (χ0n) is 5.99. The largest absolute Gasteiger partial charge is 0.344 e. The average Bonchev–Trinajstić information content (AvgIpc) is 2.50. The number of nitrogens with zero attached hydrogens (tertiary/aromatic N) is 3. The van der Waals surface area contributed by atoms with Crippen molar-refractivity contribution >= 4 is 6.21 Å². The van der Waals surface area contributed by atoms with Gasteiger partial charge in [0.15, 0.2) is 0 Å². The molecule has 0 radical (unpaired) electrons. The molecule has 11 heavy (non-hydrogen) atoms. The Bertz CT molecular complexity index is 254. The maximum Gasteiger partial charge on any atom is 0.0924 e. The molecular weight excluding hydrogens is 140 g/mol. The molecule has 0 bridgehead atoms. The van der Waals surface area contributed by atoms with Crippen LogP contribution in [0.15, 0.2) is 17.5 Å². The minimum absolute atomic E-state index is 0.463. The second-order valence-electron chi connectivity index (χ2n) is 1.95. The standard InChI is InChI=1S/C7H8N4/c8-2-1-3-9-4-7-5-10-6-11-7/h4-6H,1,3H2,(H,10,11). The summed E-state index contributed by atoms with van der Waals surface area (Å²) in [5, 5.41) is 8.18. The van der Waals surface area contributed by atoms with E-state index < -0.39 is 0 Å². The third kappa shape index (κ3) is 2.63. The minimum atomic E-state index is 0.463. The average molecular weight is 148 g/mol. The van der Waals surface area contributed by atoms with E-state index in [1.807, 2.05) is 6.07 Å². The van der Waals surface area contributed by atoms with Gasteiger partial charge in [-0.05, 0) is 0 Å². The first-order valence-electron chi connectivity index (χ1n) is 3.28. The predicted octanol–water partition coefficient (Wildman–Crippen LogP) is 0.742. The van der Waals surface area contributed by atoms with Crippen molar-refractivity contribution in [2.24, 2.45) is 4.99 Å². The molecule has 0 fully saturated rings. The van der Waals surface area contributed by atoms with E-state index in [9.17, 15) is 0 Å². The molecule has 0 aliphatic rings. The molecule has 0 amide bonds. The summed E-state index contributed by atoms with van der Waals surface area (Å²) in [6.45, 7) is 0.551. The van der Waals surface area contributed by atoms with Crippen LogP contribution >= 0.6 is 0 Å². The smallest absolute Gasteiger partial charge is 0.0924 e. The van der Waals surface area contributed by atoms with Crippen molar-refractivity contribution in [3.63, 3.8) is 0 Å². The van der Waals surface area contributed by atoms with Crippen LogP contribution in [0.1, 0.15) is 12.1 Å². The van der Waals surface area contributed by atoms with Gasteiger partial charge in [-0.2, -0.15) is 5.26 Å². The van der Waals surface area contributed by atoms with Crippen molar-refractivity contribution in [2.45, 2.75) is 6.42 Å². The zero-order valence-corrected chi connectivity index (χ0v) is 5.99. The normalized spacial score (nSPS) is 10.1. The molecule has 0 aromatic carbocycles. The van der Waals surface area contributed by atoms with Gasteiger partial charge in [-0.25, -0.2) is 4.98 Å². The van der Waals surface area contributed by atoms with E-state index >= 15 is 0 Å². The Morgan fingerprint density at radius 3 is 3.36 bits per heavy atom. The first-order chi connectivity index (χ1) is 5.43. The van der Waals surface area contributed by atoms with E-state index in [1.54, 1.807) is 18.7 Å². The molecule has 0 saturated heterocycles. The molecule has 1 N–H and O–H groups in total. The van der Waals surface area contributed by atoms with E-state index in [-0.39, 0.29) is 0 Å². The molecule has 1 rings (SSSR count). The fourth-order valence-electron chi connectivity index (χ4n) is 0.615. The molecule has 0 aliphatic heterocycles. The van der Waals surface area contributed by atoms with Gasteiger partial charge in [0.05, 0.1) is 37.3 Å². The van der Waals surface area contributed by atoms with Crippen LogP contribution in [0.2, 0.25) is 0 Å². The van der Waals surface area contributed by atoms with Gasteiger partial charge in [-0.15, -0.1) is 0 Å². The molecule has 0 unspecified atom stereocenters. The van der Waals surface area contributed by atoms with Crippen LogP contribution in [-0.2, 0) is 0 Å². The van der Waals surface area contributed by atoms with Crippen LogP contribution in [0.4, 0.5) is 0 Å². The summed E-state index contributed by atoms with van der Waals surface area (Å²) in [4.78, 5) is 10.7. The number of aliphatic imine (C=N–C) groups is 1. The van der Waals surface area contributed by atoms with Gasteiger partial charge in [-0.3, -0.25) is 4.99 Å². The monoisotopic (exact) mass is 148 g/mol. The first-order valence-corrected chi connectivity index (χ1v) is 3.28. The van der Waals surface area contributed by atoms with Crippen LogP contribution < -0.4 is 0 Å². The molecule has 1 aromatic rings. The van der Waals surface area contributed by atoms with Gasteiger partial charge in [0.25, 0.3) is 0 Å². The molecule has 0 saturated carbocycles. The molecule has 0 atom stereocenters. The number of hydrogen-bond acceptors (Lipinski definition) is 3. The van der Waals surface area contributed by atoms with Crippen LogP contribution in [0.25, 0.3) is 0 Å². The van der Waals surface area contributed by atoms with Crippen LogP contribution in [0.5, 0.6) is 0 Å². The lowest BCUT2D eigenvalue weighted by atomic mass is 10.5. The number of nitriles is 1. The van der Waals surface area contributed by atoms with Crippen LogP contribution in [-0.4, -0.2) is 22.7 Å². The third-order valence-corrected chi connectivity index (χ3v) is 1.10. The lowest BCUT2D eigenvalue weighted by Crippen LogP contribution is -1.82. The molecule has 4 nitrogen and oxygen atoms in total. The Hall–Kier alpha value is -1.63. The predicted molar refractivity (Wildman–Crippen MR) is 41.3 cm³/mol. The van der Waals surface area contributed by atoms with Crippen LogP contribution in [0, 0.1) is 11.3 Å². The second kappa shape index (κ2) is 4.23. The highest BCUT2D eigenvalue weighted by Gasteiger charge is 1.84. The molecule has 56 valence electrons. The Morgan fingerprint density at radius 1 is 1.82 bits per heavy atom. The summed E-state index contributed by atoms with van der Waals surface area (Å²) < 4.78 is 0. The molecule has 1 heterocycles. The van der Waals surface area contributed by atoms with Crippen molar-refractivity contribution in [1.29, 1.82) is 5.26 Å². The van der Waals surface area contributed by atoms with Gasteiger partial charge in [0, 0.05) is 6.21 Å². The summed E-state index contributed by atoms with van der Waals surface area (Å²) in [6, 6.07) is 2.01. The Morgan fingerprint density at radius 2 is 2.73 bits per heavy atom. The highest BCUT2D eigenvalue weighted by Crippen LogP contribution is 1.85.